The summed E-state index contributed by atoms with van der Waals surface area (Å²) in [6, 6.07) is 5.64. The smallest absolute Gasteiger partial charge is 0.261 e. The summed E-state index contributed by atoms with van der Waals surface area (Å²) in [5, 5.41) is 8.62. The second kappa shape index (κ2) is 4.91. The number of rotatable bonds is 3. The van der Waals surface area contributed by atoms with E-state index in [9.17, 15) is 8.42 Å². The predicted octanol–water partition coefficient (Wildman–Crippen LogP) is 2.56. The number of halogens is 2. The van der Waals surface area contributed by atoms with E-state index in [0.29, 0.717) is 0 Å². The van der Waals surface area contributed by atoms with Crippen LogP contribution >= 0.6 is 22.3 Å². The molecular formula is C9H7Cl2NO3S. The van der Waals surface area contributed by atoms with Crippen LogP contribution in [0.3, 0.4) is 0 Å². The molecule has 4 nitrogen and oxygen atoms in total. The largest absolute Gasteiger partial charge is 0.474 e. The molecule has 16 heavy (non-hydrogen) atoms. The molecule has 0 aromatic heterocycles. The van der Waals surface area contributed by atoms with Gasteiger partial charge in [0.15, 0.2) is 6.10 Å². The van der Waals surface area contributed by atoms with E-state index in [-0.39, 0.29) is 15.7 Å². The van der Waals surface area contributed by atoms with Crippen molar-refractivity contribution < 1.29 is 13.2 Å². The van der Waals surface area contributed by atoms with Crippen molar-refractivity contribution in [2.45, 2.75) is 17.9 Å². The Morgan fingerprint density at radius 1 is 1.50 bits per heavy atom. The van der Waals surface area contributed by atoms with Crippen molar-refractivity contribution in [3.63, 3.8) is 0 Å². The molecule has 1 unspecified atom stereocenters. The molecule has 0 heterocycles. The Balaban J connectivity index is 3.07. The standard InChI is InChI=1S/C9H7Cl2NO3S/c1-6(5-12)15-9-3-2-7(4-8(9)10)16(11,13)14/h2-4,6H,1H3. The van der Waals surface area contributed by atoms with E-state index in [2.05, 4.69) is 0 Å². The molecule has 1 aromatic rings. The fourth-order valence-electron chi connectivity index (χ4n) is 0.946. The van der Waals surface area contributed by atoms with Crippen LogP contribution in [0.15, 0.2) is 23.1 Å². The van der Waals surface area contributed by atoms with Gasteiger partial charge in [0.2, 0.25) is 0 Å². The molecule has 1 atom stereocenters. The summed E-state index contributed by atoms with van der Waals surface area (Å²) in [4.78, 5) is -0.115. The summed E-state index contributed by atoms with van der Waals surface area (Å²) in [5.41, 5.74) is 0. The molecule has 0 saturated heterocycles. The van der Waals surface area contributed by atoms with E-state index < -0.39 is 15.2 Å². The van der Waals surface area contributed by atoms with Crippen molar-refractivity contribution in [1.82, 2.24) is 0 Å². The van der Waals surface area contributed by atoms with E-state index in [1.807, 2.05) is 6.07 Å². The average molecular weight is 280 g/mol. The van der Waals surface area contributed by atoms with Gasteiger partial charge in [-0.05, 0) is 25.1 Å². The Bertz CT molecular complexity index is 536. The van der Waals surface area contributed by atoms with Gasteiger partial charge in [-0.1, -0.05) is 11.6 Å². The third kappa shape index (κ3) is 3.27. The average Bonchev–Trinajstić information content (AvgIpc) is 2.19. The monoisotopic (exact) mass is 279 g/mol. The first kappa shape index (κ1) is 13.1. The van der Waals surface area contributed by atoms with Crippen LogP contribution in [0.4, 0.5) is 0 Å². The normalized spacial score (nSPS) is 12.9. The minimum absolute atomic E-state index is 0.0869. The van der Waals surface area contributed by atoms with Gasteiger partial charge in [-0.25, -0.2) is 8.42 Å². The number of benzene rings is 1. The van der Waals surface area contributed by atoms with Gasteiger partial charge >= 0.3 is 0 Å². The van der Waals surface area contributed by atoms with Crippen molar-refractivity contribution in [3.8, 4) is 11.8 Å². The predicted molar refractivity (Wildman–Crippen MR) is 60.2 cm³/mol. The van der Waals surface area contributed by atoms with Crippen LogP contribution in [0.1, 0.15) is 6.92 Å². The maximum absolute atomic E-state index is 11.0. The third-order valence-electron chi connectivity index (χ3n) is 1.67. The van der Waals surface area contributed by atoms with Gasteiger partial charge in [0, 0.05) is 10.7 Å². The van der Waals surface area contributed by atoms with Crippen molar-refractivity contribution >= 4 is 31.3 Å². The summed E-state index contributed by atoms with van der Waals surface area (Å²) >= 11 is 5.78. The van der Waals surface area contributed by atoms with E-state index in [1.54, 1.807) is 6.92 Å². The molecule has 0 aliphatic rings. The zero-order valence-electron chi connectivity index (χ0n) is 8.15. The summed E-state index contributed by atoms with van der Waals surface area (Å²) in [7, 11) is 1.33. The number of hydrogen-bond donors (Lipinski definition) is 0. The van der Waals surface area contributed by atoms with Crippen LogP contribution < -0.4 is 4.74 Å². The quantitative estimate of drug-likeness (QED) is 0.798. The van der Waals surface area contributed by atoms with E-state index in [1.165, 1.54) is 18.2 Å². The first-order valence-electron chi connectivity index (χ1n) is 4.15. The van der Waals surface area contributed by atoms with Crippen LogP contribution in [0.2, 0.25) is 5.02 Å². The maximum atomic E-state index is 11.0. The lowest BCUT2D eigenvalue weighted by molar-refractivity contribution is 0.276. The number of nitrogens with zero attached hydrogens (tertiary/aromatic N) is 1. The highest BCUT2D eigenvalue weighted by Gasteiger charge is 2.13. The molecule has 0 saturated carbocycles. The molecule has 86 valence electrons. The van der Waals surface area contributed by atoms with Gasteiger partial charge in [0.1, 0.15) is 11.8 Å². The molecule has 0 spiro atoms. The number of ether oxygens (including phenoxy) is 1. The van der Waals surface area contributed by atoms with E-state index in [4.69, 9.17) is 32.3 Å². The highest BCUT2D eigenvalue weighted by atomic mass is 35.7. The summed E-state index contributed by atoms with van der Waals surface area (Å²) in [6.07, 6.45) is -0.670. The second-order valence-corrected chi connectivity index (χ2v) is 5.89. The summed E-state index contributed by atoms with van der Waals surface area (Å²) in [6.45, 7) is 1.54. The lowest BCUT2D eigenvalue weighted by Gasteiger charge is -2.09. The van der Waals surface area contributed by atoms with Gasteiger partial charge in [0.25, 0.3) is 9.05 Å². The second-order valence-electron chi connectivity index (χ2n) is 2.92. The summed E-state index contributed by atoms with van der Waals surface area (Å²) in [5.74, 6) is 0.236. The van der Waals surface area contributed by atoms with Crippen molar-refractivity contribution in [2.75, 3.05) is 0 Å². The molecule has 0 fully saturated rings. The summed E-state index contributed by atoms with van der Waals surface area (Å²) < 4.78 is 27.1. The molecule has 0 aliphatic carbocycles. The lowest BCUT2D eigenvalue weighted by Crippen LogP contribution is -2.08. The van der Waals surface area contributed by atoms with Crippen LogP contribution in [-0.2, 0) is 9.05 Å². The van der Waals surface area contributed by atoms with Crippen molar-refractivity contribution in [2.24, 2.45) is 0 Å². The van der Waals surface area contributed by atoms with Crippen molar-refractivity contribution in [3.05, 3.63) is 23.2 Å². The number of hydrogen-bond acceptors (Lipinski definition) is 4. The highest BCUT2D eigenvalue weighted by molar-refractivity contribution is 8.13. The fourth-order valence-corrected chi connectivity index (χ4v) is 2.01. The molecule has 0 N–H and O–H groups in total. The SMILES string of the molecule is CC(C#N)Oc1ccc(S(=O)(=O)Cl)cc1Cl. The van der Waals surface area contributed by atoms with Gasteiger partial charge in [-0.2, -0.15) is 5.26 Å². The zero-order chi connectivity index (χ0) is 12.3. The van der Waals surface area contributed by atoms with Gasteiger partial charge < -0.3 is 4.74 Å². The Kier molecular flexibility index (Phi) is 4.03. The number of nitriles is 1. The van der Waals surface area contributed by atoms with Crippen LogP contribution in [0.5, 0.6) is 5.75 Å². The fraction of sp³-hybridized carbons (Fsp3) is 0.222. The van der Waals surface area contributed by atoms with Crippen LogP contribution in [-0.4, -0.2) is 14.5 Å². The Hall–Kier alpha value is -0.960. The van der Waals surface area contributed by atoms with Crippen LogP contribution in [0, 0.1) is 11.3 Å². The minimum Gasteiger partial charge on any atom is -0.474 e. The molecule has 7 heteroatoms. The topological polar surface area (TPSA) is 67.2 Å². The molecular weight excluding hydrogens is 273 g/mol. The molecule has 1 aromatic carbocycles. The molecule has 0 aliphatic heterocycles. The Morgan fingerprint density at radius 3 is 2.56 bits per heavy atom. The highest BCUT2D eigenvalue weighted by Crippen LogP contribution is 2.29. The Morgan fingerprint density at radius 2 is 2.12 bits per heavy atom. The van der Waals surface area contributed by atoms with Crippen molar-refractivity contribution in [1.29, 1.82) is 5.26 Å². The molecule has 0 amide bonds. The Labute approximate surface area is 103 Å². The molecule has 1 rings (SSSR count). The first-order valence-corrected chi connectivity index (χ1v) is 6.84. The van der Waals surface area contributed by atoms with E-state index >= 15 is 0 Å². The van der Waals surface area contributed by atoms with Gasteiger partial charge in [-0.15, -0.1) is 0 Å². The maximum Gasteiger partial charge on any atom is 0.261 e. The van der Waals surface area contributed by atoms with Gasteiger partial charge in [-0.3, -0.25) is 0 Å². The van der Waals surface area contributed by atoms with Gasteiger partial charge in [0.05, 0.1) is 9.92 Å². The molecule has 0 bridgehead atoms. The first-order chi connectivity index (χ1) is 7.34. The van der Waals surface area contributed by atoms with Crippen LogP contribution in [0.25, 0.3) is 0 Å². The van der Waals surface area contributed by atoms with E-state index in [0.717, 1.165) is 0 Å². The minimum atomic E-state index is -3.81. The zero-order valence-corrected chi connectivity index (χ0v) is 10.5. The third-order valence-corrected chi connectivity index (χ3v) is 3.32. The molecule has 0 radical (unpaired) electrons. The lowest BCUT2D eigenvalue weighted by atomic mass is 10.3.